The van der Waals surface area contributed by atoms with Gasteiger partial charge in [0.1, 0.15) is 5.82 Å². The molecule has 0 radical (unpaired) electrons. The number of hydrogen-bond donors (Lipinski definition) is 2. The predicted molar refractivity (Wildman–Crippen MR) is 123 cm³/mol. The maximum absolute atomic E-state index is 14.2. The van der Waals surface area contributed by atoms with Gasteiger partial charge in [0.2, 0.25) is 0 Å². The highest BCUT2D eigenvalue weighted by atomic mass is 35.5. The minimum Gasteiger partial charge on any atom is -0.465 e. The molecule has 2 unspecified atom stereocenters. The van der Waals surface area contributed by atoms with Gasteiger partial charge in [-0.1, -0.05) is 35.9 Å². The first-order valence-electron chi connectivity index (χ1n) is 10.5. The van der Waals surface area contributed by atoms with E-state index in [4.69, 9.17) is 16.3 Å². The summed E-state index contributed by atoms with van der Waals surface area (Å²) in [5.41, 5.74) is 0.420. The number of carbonyl (C=O) groups is 2. The van der Waals surface area contributed by atoms with Crippen molar-refractivity contribution in [3.63, 3.8) is 0 Å². The molecular weight excluding hydrogens is 461 g/mol. The molecule has 0 aliphatic rings. The first kappa shape index (κ1) is 24.9. The summed E-state index contributed by atoms with van der Waals surface area (Å²) in [4.78, 5) is 25.0. The Hall–Kier alpha value is -3.77. The van der Waals surface area contributed by atoms with Crippen LogP contribution in [0.15, 0.2) is 48.7 Å². The van der Waals surface area contributed by atoms with E-state index in [1.54, 1.807) is 37.3 Å². The van der Waals surface area contributed by atoms with Gasteiger partial charge in [-0.3, -0.25) is 9.59 Å². The summed E-state index contributed by atoms with van der Waals surface area (Å²) < 4.78 is 19.3. The van der Waals surface area contributed by atoms with Gasteiger partial charge >= 0.3 is 5.97 Å². The van der Waals surface area contributed by atoms with Crippen molar-refractivity contribution in [3.8, 4) is 17.2 Å². The Morgan fingerprint density at radius 2 is 2.03 bits per heavy atom. The second kappa shape index (κ2) is 10.9. The number of rotatable bonds is 9. The molecule has 3 aromatic rings. The van der Waals surface area contributed by atoms with Gasteiger partial charge in [-0.05, 0) is 56.0 Å². The molecule has 1 aromatic heterocycles. The number of H-pyrrole nitrogens is 1. The van der Waals surface area contributed by atoms with Crippen LogP contribution in [0.5, 0.6) is 0 Å². The van der Waals surface area contributed by atoms with Crippen LogP contribution in [0.4, 0.5) is 4.39 Å². The molecule has 0 aliphatic carbocycles. The molecule has 0 saturated carbocycles. The highest BCUT2D eigenvalue weighted by Crippen LogP contribution is 2.28. The molecule has 10 heteroatoms. The van der Waals surface area contributed by atoms with Crippen LogP contribution in [0.3, 0.4) is 0 Å². The van der Waals surface area contributed by atoms with Gasteiger partial charge in [-0.25, -0.2) is 4.39 Å². The van der Waals surface area contributed by atoms with Crippen LogP contribution in [-0.2, 0) is 16.0 Å². The molecule has 3 rings (SSSR count). The van der Waals surface area contributed by atoms with E-state index >= 15 is 0 Å². The molecule has 0 fully saturated rings. The first-order chi connectivity index (χ1) is 16.3. The molecule has 0 saturated heterocycles. The summed E-state index contributed by atoms with van der Waals surface area (Å²) in [6.07, 6.45) is 1.59. The average molecular weight is 484 g/mol. The van der Waals surface area contributed by atoms with Crippen LogP contribution in [0.1, 0.15) is 36.3 Å². The molecule has 2 N–H and O–H groups in total. The lowest BCUT2D eigenvalue weighted by atomic mass is 9.83. The minimum atomic E-state index is -1.47. The lowest BCUT2D eigenvalue weighted by Gasteiger charge is -2.26. The van der Waals surface area contributed by atoms with Crippen LogP contribution in [0.25, 0.3) is 11.1 Å². The van der Waals surface area contributed by atoms with Crippen molar-refractivity contribution >= 4 is 23.5 Å². The summed E-state index contributed by atoms with van der Waals surface area (Å²) in [6, 6.07) is 12.8. The number of nitriles is 1. The Morgan fingerprint density at radius 3 is 2.65 bits per heavy atom. The maximum atomic E-state index is 14.2. The number of aromatic amines is 1. The third-order valence-electron chi connectivity index (χ3n) is 5.29. The first-order valence-corrected chi connectivity index (χ1v) is 10.9. The zero-order chi connectivity index (χ0) is 24.7. The molecule has 8 nitrogen and oxygen atoms in total. The quantitative estimate of drug-likeness (QED) is 0.442. The maximum Gasteiger partial charge on any atom is 0.326 e. The Kier molecular flexibility index (Phi) is 7.97. The number of benzene rings is 2. The third-order valence-corrected chi connectivity index (χ3v) is 5.52. The molecule has 0 aliphatic heterocycles. The fourth-order valence-electron chi connectivity index (χ4n) is 3.53. The van der Waals surface area contributed by atoms with Crippen molar-refractivity contribution in [2.45, 2.75) is 32.7 Å². The molecule has 0 bridgehead atoms. The lowest BCUT2D eigenvalue weighted by Crippen LogP contribution is -2.42. The SMILES string of the molecule is CCOC(=O)C(C)(C#N)CC(Cc1ccc(-c2cc(Cl)ccc2F)cc1)NC(=O)c1cn[nH]n1. The highest BCUT2D eigenvalue weighted by Gasteiger charge is 2.38. The highest BCUT2D eigenvalue weighted by molar-refractivity contribution is 6.30. The Balaban J connectivity index is 1.84. The van der Waals surface area contributed by atoms with Gasteiger partial charge in [-0.2, -0.15) is 20.7 Å². The van der Waals surface area contributed by atoms with E-state index in [0.717, 1.165) is 5.56 Å². The molecule has 1 amide bonds. The van der Waals surface area contributed by atoms with Crippen LogP contribution in [0, 0.1) is 22.6 Å². The summed E-state index contributed by atoms with van der Waals surface area (Å²) >= 11 is 6.00. The van der Waals surface area contributed by atoms with E-state index in [0.29, 0.717) is 22.6 Å². The Bertz CT molecular complexity index is 1190. The van der Waals surface area contributed by atoms with Crippen molar-refractivity contribution in [2.24, 2.45) is 5.41 Å². The lowest BCUT2D eigenvalue weighted by molar-refractivity contribution is -0.151. The van der Waals surface area contributed by atoms with Crippen molar-refractivity contribution in [1.29, 1.82) is 5.26 Å². The van der Waals surface area contributed by atoms with E-state index in [9.17, 15) is 19.2 Å². The van der Waals surface area contributed by atoms with Crippen molar-refractivity contribution in [2.75, 3.05) is 6.61 Å². The number of halogens is 2. The fourth-order valence-corrected chi connectivity index (χ4v) is 3.70. The van der Waals surface area contributed by atoms with Crippen molar-refractivity contribution in [1.82, 2.24) is 20.7 Å². The van der Waals surface area contributed by atoms with E-state index in [2.05, 4.69) is 20.7 Å². The topological polar surface area (TPSA) is 121 Å². The van der Waals surface area contributed by atoms with E-state index in [1.807, 2.05) is 6.07 Å². The number of esters is 1. The van der Waals surface area contributed by atoms with Crippen LogP contribution in [0.2, 0.25) is 5.02 Å². The predicted octanol–water partition coefficient (Wildman–Crippen LogP) is 4.09. The third kappa shape index (κ3) is 5.97. The summed E-state index contributed by atoms with van der Waals surface area (Å²) in [5.74, 6) is -1.56. The number of hydrogen-bond acceptors (Lipinski definition) is 6. The Morgan fingerprint density at radius 1 is 1.29 bits per heavy atom. The fraction of sp³-hybridized carbons (Fsp3) is 0.292. The average Bonchev–Trinajstić information content (AvgIpc) is 3.36. The minimum absolute atomic E-state index is 0.0105. The van der Waals surface area contributed by atoms with E-state index < -0.39 is 29.2 Å². The van der Waals surface area contributed by atoms with E-state index in [-0.39, 0.29) is 18.7 Å². The second-order valence-electron chi connectivity index (χ2n) is 7.92. The Labute approximate surface area is 201 Å². The number of aromatic nitrogens is 3. The van der Waals surface area contributed by atoms with Crippen LogP contribution >= 0.6 is 11.6 Å². The molecule has 0 spiro atoms. The van der Waals surface area contributed by atoms with Gasteiger partial charge in [0.05, 0.1) is 18.9 Å². The zero-order valence-corrected chi connectivity index (χ0v) is 19.4. The van der Waals surface area contributed by atoms with Gasteiger partial charge < -0.3 is 10.1 Å². The number of carbonyl (C=O) groups excluding carboxylic acids is 2. The molecule has 2 atom stereocenters. The zero-order valence-electron chi connectivity index (χ0n) is 18.6. The largest absolute Gasteiger partial charge is 0.465 e. The number of ether oxygens (including phenoxy) is 1. The monoisotopic (exact) mass is 483 g/mol. The van der Waals surface area contributed by atoms with Gasteiger partial charge in [0.25, 0.3) is 5.91 Å². The summed E-state index contributed by atoms with van der Waals surface area (Å²) in [6.45, 7) is 3.27. The normalized spacial score (nSPS) is 13.4. The number of nitrogens with one attached hydrogen (secondary N) is 2. The molecule has 1 heterocycles. The van der Waals surface area contributed by atoms with Crippen molar-refractivity contribution in [3.05, 3.63) is 70.8 Å². The standard InChI is InChI=1S/C24H23ClFN5O3/c1-3-34-23(33)24(2,14-27)12-18(29-22(32)21-13-28-31-30-21)10-15-4-6-16(7-5-15)19-11-17(25)8-9-20(19)26/h4-9,11,13,18H,3,10,12H2,1-2H3,(H,29,32)(H,28,30,31). The van der Waals surface area contributed by atoms with E-state index in [1.165, 1.54) is 25.3 Å². The molecule has 2 aromatic carbocycles. The molecular formula is C24H23ClFN5O3. The van der Waals surface area contributed by atoms with Gasteiger partial charge in [0, 0.05) is 16.6 Å². The smallest absolute Gasteiger partial charge is 0.326 e. The number of nitrogens with zero attached hydrogens (tertiary/aromatic N) is 3. The second-order valence-corrected chi connectivity index (χ2v) is 8.36. The molecule has 34 heavy (non-hydrogen) atoms. The summed E-state index contributed by atoms with van der Waals surface area (Å²) in [5, 5.41) is 22.7. The van der Waals surface area contributed by atoms with Crippen molar-refractivity contribution < 1.29 is 18.7 Å². The molecule has 176 valence electrons. The van der Waals surface area contributed by atoms with Gasteiger partial charge in [-0.15, -0.1) is 0 Å². The number of amides is 1. The van der Waals surface area contributed by atoms with Gasteiger partial charge in [0.15, 0.2) is 11.1 Å². The van der Waals surface area contributed by atoms with Crippen LogP contribution < -0.4 is 5.32 Å². The summed E-state index contributed by atoms with van der Waals surface area (Å²) in [7, 11) is 0. The van der Waals surface area contributed by atoms with Crippen LogP contribution in [-0.4, -0.2) is 39.9 Å².